The second-order valence-electron chi connectivity index (χ2n) is 5.31. The van der Waals surface area contributed by atoms with Crippen LogP contribution in [-0.2, 0) is 10.0 Å². The quantitative estimate of drug-likeness (QED) is 0.805. The van der Waals surface area contributed by atoms with Crippen LogP contribution in [0.4, 0.5) is 11.5 Å². The van der Waals surface area contributed by atoms with Crippen LogP contribution in [0.3, 0.4) is 0 Å². The molecule has 2 heterocycles. The Hall–Kier alpha value is -2.19. The molecule has 2 N–H and O–H groups in total. The molecular formula is C15H20N4O3S. The minimum absolute atomic E-state index is 0.520. The normalized spacial score (nSPS) is 12.7. The average Bonchev–Trinajstić information content (AvgIpc) is 2.45. The number of anilines is 2. The van der Waals surface area contributed by atoms with Gasteiger partial charge in [-0.05, 0) is 37.6 Å². The molecule has 23 heavy (non-hydrogen) atoms. The van der Waals surface area contributed by atoms with Crippen LogP contribution in [0, 0.1) is 6.92 Å². The van der Waals surface area contributed by atoms with Crippen molar-refractivity contribution in [2.45, 2.75) is 20.1 Å². The van der Waals surface area contributed by atoms with Gasteiger partial charge in [0.1, 0.15) is 12.0 Å². The lowest BCUT2D eigenvalue weighted by atomic mass is 10.1. The SMILES string of the molecule is Cc1ncc(-c2ccnc(NC(C)O)c2)cc1N(C)S(C)(=O)=O. The Morgan fingerprint density at radius 1 is 1.26 bits per heavy atom. The van der Waals surface area contributed by atoms with Crippen molar-refractivity contribution in [3.63, 3.8) is 0 Å². The van der Waals surface area contributed by atoms with E-state index in [1.54, 1.807) is 44.4 Å². The highest BCUT2D eigenvalue weighted by molar-refractivity contribution is 7.92. The molecule has 0 aliphatic rings. The van der Waals surface area contributed by atoms with E-state index in [1.807, 2.05) is 0 Å². The summed E-state index contributed by atoms with van der Waals surface area (Å²) in [5, 5.41) is 12.2. The van der Waals surface area contributed by atoms with Crippen molar-refractivity contribution in [3.8, 4) is 11.1 Å². The molecule has 0 radical (unpaired) electrons. The molecule has 0 saturated carbocycles. The Labute approximate surface area is 136 Å². The third kappa shape index (κ3) is 4.17. The molecule has 0 bridgehead atoms. The van der Waals surface area contributed by atoms with Gasteiger partial charge in [0.25, 0.3) is 0 Å². The minimum Gasteiger partial charge on any atom is -0.374 e. The number of aromatic nitrogens is 2. The fourth-order valence-corrected chi connectivity index (χ4v) is 2.62. The van der Waals surface area contributed by atoms with E-state index in [-0.39, 0.29) is 0 Å². The average molecular weight is 336 g/mol. The van der Waals surface area contributed by atoms with E-state index in [1.165, 1.54) is 11.4 Å². The summed E-state index contributed by atoms with van der Waals surface area (Å²) in [6, 6.07) is 5.33. The molecule has 1 atom stereocenters. The van der Waals surface area contributed by atoms with Gasteiger partial charge in [-0.1, -0.05) is 0 Å². The number of nitrogens with one attached hydrogen (secondary N) is 1. The van der Waals surface area contributed by atoms with E-state index in [9.17, 15) is 13.5 Å². The number of hydrogen-bond donors (Lipinski definition) is 2. The predicted octanol–water partition coefficient (Wildman–Crippen LogP) is 1.60. The van der Waals surface area contributed by atoms with Gasteiger partial charge in [-0.15, -0.1) is 0 Å². The maximum atomic E-state index is 11.8. The first-order valence-electron chi connectivity index (χ1n) is 7.00. The van der Waals surface area contributed by atoms with Crippen LogP contribution in [0.1, 0.15) is 12.6 Å². The van der Waals surface area contributed by atoms with E-state index >= 15 is 0 Å². The van der Waals surface area contributed by atoms with Gasteiger partial charge >= 0.3 is 0 Å². The maximum Gasteiger partial charge on any atom is 0.232 e. The monoisotopic (exact) mass is 336 g/mol. The Kier molecular flexibility index (Phi) is 4.86. The topological polar surface area (TPSA) is 95.4 Å². The second-order valence-corrected chi connectivity index (χ2v) is 7.32. The van der Waals surface area contributed by atoms with Crippen molar-refractivity contribution in [2.24, 2.45) is 0 Å². The van der Waals surface area contributed by atoms with Crippen LogP contribution < -0.4 is 9.62 Å². The fraction of sp³-hybridized carbons (Fsp3) is 0.333. The van der Waals surface area contributed by atoms with Crippen LogP contribution >= 0.6 is 0 Å². The standard InChI is InChI=1S/C15H20N4O3S/c1-10-14(19(3)23(4,21)22)7-13(9-17-10)12-5-6-16-15(8-12)18-11(2)20/h5-9,11,20H,1-4H3,(H,16,18). The number of pyridine rings is 2. The highest BCUT2D eigenvalue weighted by Crippen LogP contribution is 2.27. The number of aryl methyl sites for hydroxylation is 1. The number of aliphatic hydroxyl groups is 1. The first-order valence-corrected chi connectivity index (χ1v) is 8.85. The molecule has 2 rings (SSSR count). The zero-order valence-electron chi connectivity index (χ0n) is 13.5. The second kappa shape index (κ2) is 6.51. The summed E-state index contributed by atoms with van der Waals surface area (Å²) in [4.78, 5) is 8.41. The number of aliphatic hydroxyl groups excluding tert-OH is 1. The summed E-state index contributed by atoms with van der Waals surface area (Å²) >= 11 is 0. The molecule has 0 aromatic carbocycles. The predicted molar refractivity (Wildman–Crippen MR) is 90.8 cm³/mol. The molecule has 124 valence electrons. The molecule has 0 spiro atoms. The molecular weight excluding hydrogens is 316 g/mol. The fourth-order valence-electron chi connectivity index (χ4n) is 2.08. The number of nitrogens with zero attached hydrogens (tertiary/aromatic N) is 3. The van der Waals surface area contributed by atoms with Crippen LogP contribution in [0.15, 0.2) is 30.6 Å². The van der Waals surface area contributed by atoms with Gasteiger partial charge in [0.05, 0.1) is 17.6 Å². The van der Waals surface area contributed by atoms with Gasteiger partial charge < -0.3 is 10.4 Å². The van der Waals surface area contributed by atoms with Crippen LogP contribution in [0.5, 0.6) is 0 Å². The van der Waals surface area contributed by atoms with Gasteiger partial charge in [-0.2, -0.15) is 0 Å². The first kappa shape index (κ1) is 17.2. The molecule has 7 nitrogen and oxygen atoms in total. The maximum absolute atomic E-state index is 11.8. The molecule has 0 fully saturated rings. The van der Waals surface area contributed by atoms with Gasteiger partial charge in [0.15, 0.2) is 0 Å². The molecule has 0 aliphatic heterocycles. The zero-order chi connectivity index (χ0) is 17.2. The lowest BCUT2D eigenvalue weighted by Crippen LogP contribution is -2.25. The number of rotatable bonds is 5. The third-order valence-electron chi connectivity index (χ3n) is 3.35. The van der Waals surface area contributed by atoms with Gasteiger partial charge in [-0.3, -0.25) is 9.29 Å². The summed E-state index contributed by atoms with van der Waals surface area (Å²) in [5.41, 5.74) is 2.72. The molecule has 0 saturated heterocycles. The Morgan fingerprint density at radius 2 is 1.96 bits per heavy atom. The van der Waals surface area contributed by atoms with Crippen molar-refractivity contribution >= 4 is 21.5 Å². The molecule has 2 aromatic rings. The van der Waals surface area contributed by atoms with Crippen LogP contribution in [0.2, 0.25) is 0 Å². The van der Waals surface area contributed by atoms with E-state index in [0.717, 1.165) is 17.4 Å². The Balaban J connectivity index is 2.45. The van der Waals surface area contributed by atoms with Crippen molar-refractivity contribution in [1.29, 1.82) is 0 Å². The number of sulfonamides is 1. The lowest BCUT2D eigenvalue weighted by Gasteiger charge is -2.19. The Morgan fingerprint density at radius 3 is 2.57 bits per heavy atom. The van der Waals surface area contributed by atoms with Crippen molar-refractivity contribution < 1.29 is 13.5 Å². The van der Waals surface area contributed by atoms with Gasteiger partial charge in [0.2, 0.25) is 10.0 Å². The van der Waals surface area contributed by atoms with E-state index in [2.05, 4.69) is 15.3 Å². The molecule has 0 amide bonds. The van der Waals surface area contributed by atoms with Crippen LogP contribution in [-0.4, -0.2) is 43.0 Å². The highest BCUT2D eigenvalue weighted by atomic mass is 32.2. The minimum atomic E-state index is -3.37. The van der Waals surface area contributed by atoms with Crippen molar-refractivity contribution in [3.05, 3.63) is 36.3 Å². The summed E-state index contributed by atoms with van der Waals surface area (Å²) in [6.45, 7) is 3.36. The Bertz CT molecular complexity index is 806. The molecule has 1 unspecified atom stereocenters. The molecule has 0 aliphatic carbocycles. The largest absolute Gasteiger partial charge is 0.374 e. The smallest absolute Gasteiger partial charge is 0.232 e. The summed E-state index contributed by atoms with van der Waals surface area (Å²) in [5.74, 6) is 0.524. The summed E-state index contributed by atoms with van der Waals surface area (Å²) in [7, 11) is -1.87. The summed E-state index contributed by atoms with van der Waals surface area (Å²) < 4.78 is 24.7. The van der Waals surface area contributed by atoms with Crippen LogP contribution in [0.25, 0.3) is 11.1 Å². The van der Waals surface area contributed by atoms with Gasteiger partial charge in [0, 0.05) is 25.0 Å². The lowest BCUT2D eigenvalue weighted by molar-refractivity contribution is 0.224. The molecule has 2 aromatic heterocycles. The zero-order valence-corrected chi connectivity index (χ0v) is 14.3. The third-order valence-corrected chi connectivity index (χ3v) is 4.54. The van der Waals surface area contributed by atoms with Gasteiger partial charge in [-0.25, -0.2) is 13.4 Å². The van der Waals surface area contributed by atoms with Crippen molar-refractivity contribution in [1.82, 2.24) is 9.97 Å². The summed E-state index contributed by atoms with van der Waals surface area (Å²) in [6.07, 6.45) is 3.72. The number of hydrogen-bond acceptors (Lipinski definition) is 6. The van der Waals surface area contributed by atoms with E-state index in [4.69, 9.17) is 0 Å². The first-order chi connectivity index (χ1) is 10.7. The molecule has 8 heteroatoms. The van der Waals surface area contributed by atoms with E-state index in [0.29, 0.717) is 17.2 Å². The highest BCUT2D eigenvalue weighted by Gasteiger charge is 2.16. The van der Waals surface area contributed by atoms with E-state index < -0.39 is 16.3 Å². The van der Waals surface area contributed by atoms with Crippen molar-refractivity contribution in [2.75, 3.05) is 22.9 Å².